The molecule has 21 heavy (non-hydrogen) atoms. The highest BCUT2D eigenvalue weighted by Crippen LogP contribution is 2.33. The zero-order valence-corrected chi connectivity index (χ0v) is 14.1. The van der Waals surface area contributed by atoms with Crippen molar-refractivity contribution in [3.63, 3.8) is 0 Å². The summed E-state index contributed by atoms with van der Waals surface area (Å²) in [6.07, 6.45) is 1.90. The molecule has 0 aromatic carbocycles. The van der Waals surface area contributed by atoms with Crippen LogP contribution in [0.1, 0.15) is 32.3 Å². The van der Waals surface area contributed by atoms with Crippen molar-refractivity contribution < 1.29 is 13.2 Å². The van der Waals surface area contributed by atoms with Crippen molar-refractivity contribution in [1.82, 2.24) is 8.61 Å². The first-order chi connectivity index (χ1) is 9.98. The smallest absolute Gasteiger partial charge is 0.282 e. The van der Waals surface area contributed by atoms with Crippen molar-refractivity contribution in [3.05, 3.63) is 22.4 Å². The molecular formula is C14H22N2O3S2. The van der Waals surface area contributed by atoms with Crippen molar-refractivity contribution in [3.8, 4) is 0 Å². The number of morpholine rings is 1. The van der Waals surface area contributed by atoms with Gasteiger partial charge in [0.15, 0.2) is 0 Å². The van der Waals surface area contributed by atoms with Crippen molar-refractivity contribution >= 4 is 21.5 Å². The summed E-state index contributed by atoms with van der Waals surface area (Å²) in [5.41, 5.74) is 1.07. The maximum absolute atomic E-state index is 13.0. The van der Waals surface area contributed by atoms with Crippen LogP contribution in [0.15, 0.2) is 16.8 Å². The molecular weight excluding hydrogens is 308 g/mol. The van der Waals surface area contributed by atoms with E-state index in [0.29, 0.717) is 19.7 Å². The molecule has 2 atom stereocenters. The van der Waals surface area contributed by atoms with E-state index in [1.807, 2.05) is 30.7 Å². The second kappa shape index (κ2) is 5.96. The van der Waals surface area contributed by atoms with Gasteiger partial charge in [-0.25, -0.2) is 0 Å². The van der Waals surface area contributed by atoms with Gasteiger partial charge in [-0.2, -0.15) is 28.4 Å². The van der Waals surface area contributed by atoms with Crippen LogP contribution in [0.25, 0.3) is 0 Å². The molecule has 0 amide bonds. The Labute approximate surface area is 130 Å². The molecule has 1 aromatic heterocycles. The summed E-state index contributed by atoms with van der Waals surface area (Å²) < 4.78 is 35.0. The van der Waals surface area contributed by atoms with Crippen molar-refractivity contribution in [1.29, 1.82) is 0 Å². The third-order valence-electron chi connectivity index (χ3n) is 4.02. The molecule has 0 spiro atoms. The van der Waals surface area contributed by atoms with Crippen molar-refractivity contribution in [2.45, 2.75) is 51.4 Å². The molecule has 1 saturated carbocycles. The summed E-state index contributed by atoms with van der Waals surface area (Å²) in [4.78, 5) is 0. The monoisotopic (exact) mass is 330 g/mol. The van der Waals surface area contributed by atoms with Gasteiger partial charge in [0.25, 0.3) is 10.2 Å². The molecule has 3 rings (SSSR count). The van der Waals surface area contributed by atoms with Gasteiger partial charge < -0.3 is 4.74 Å². The molecule has 1 aromatic rings. The van der Waals surface area contributed by atoms with Gasteiger partial charge in [0.05, 0.1) is 12.7 Å². The minimum atomic E-state index is -3.43. The zero-order chi connectivity index (χ0) is 15.0. The number of hydrogen-bond acceptors (Lipinski definition) is 4. The van der Waals surface area contributed by atoms with Crippen LogP contribution in [0.4, 0.5) is 0 Å². The molecule has 0 N–H and O–H groups in total. The Balaban J connectivity index is 1.83. The second-order valence-electron chi connectivity index (χ2n) is 5.98. The normalized spacial score (nSPS) is 28.1. The van der Waals surface area contributed by atoms with E-state index < -0.39 is 10.2 Å². The first-order valence-corrected chi connectivity index (χ1v) is 9.73. The lowest BCUT2D eigenvalue weighted by Gasteiger charge is -2.38. The fourth-order valence-electron chi connectivity index (χ4n) is 2.65. The summed E-state index contributed by atoms with van der Waals surface area (Å²) >= 11 is 1.61. The fourth-order valence-corrected chi connectivity index (χ4v) is 5.40. The van der Waals surface area contributed by atoms with Gasteiger partial charge in [-0.05, 0) is 49.1 Å². The molecule has 1 saturated heterocycles. The maximum Gasteiger partial charge on any atom is 0.282 e. The summed E-state index contributed by atoms with van der Waals surface area (Å²) in [6.45, 7) is 5.23. The third kappa shape index (κ3) is 3.32. The van der Waals surface area contributed by atoms with Gasteiger partial charge in [0.2, 0.25) is 0 Å². The van der Waals surface area contributed by atoms with E-state index in [2.05, 4.69) is 0 Å². The van der Waals surface area contributed by atoms with E-state index >= 15 is 0 Å². The largest absolute Gasteiger partial charge is 0.375 e. The van der Waals surface area contributed by atoms with E-state index in [9.17, 15) is 8.42 Å². The molecule has 118 valence electrons. The number of hydrogen-bond donors (Lipinski definition) is 0. The topological polar surface area (TPSA) is 49.9 Å². The highest BCUT2D eigenvalue weighted by atomic mass is 32.2. The quantitative estimate of drug-likeness (QED) is 0.830. The second-order valence-corrected chi connectivity index (χ2v) is 8.59. The molecule has 2 heterocycles. The third-order valence-corrected chi connectivity index (χ3v) is 6.87. The summed E-state index contributed by atoms with van der Waals surface area (Å²) in [6, 6.07) is 2.07. The summed E-state index contributed by atoms with van der Waals surface area (Å²) in [5, 5.41) is 4.02. The maximum atomic E-state index is 13.0. The first kappa shape index (κ1) is 15.4. The number of rotatable bonds is 5. The molecule has 7 heteroatoms. The van der Waals surface area contributed by atoms with E-state index in [1.54, 1.807) is 19.9 Å². The lowest BCUT2D eigenvalue weighted by atomic mass is 10.2. The lowest BCUT2D eigenvalue weighted by Crippen LogP contribution is -2.55. The fraction of sp³-hybridized carbons (Fsp3) is 0.714. The van der Waals surface area contributed by atoms with Crippen LogP contribution in [0.3, 0.4) is 0 Å². The first-order valence-electron chi connectivity index (χ1n) is 7.40. The van der Waals surface area contributed by atoms with Crippen LogP contribution >= 0.6 is 11.3 Å². The minimum absolute atomic E-state index is 0.0434. The molecule has 5 nitrogen and oxygen atoms in total. The van der Waals surface area contributed by atoms with Crippen molar-refractivity contribution in [2.75, 3.05) is 13.2 Å². The Hall–Kier alpha value is -0.470. The molecule has 0 bridgehead atoms. The van der Waals surface area contributed by atoms with Crippen LogP contribution in [0.5, 0.6) is 0 Å². The molecule has 2 fully saturated rings. The van der Waals surface area contributed by atoms with Crippen LogP contribution in [0.2, 0.25) is 0 Å². The minimum Gasteiger partial charge on any atom is -0.375 e. The Kier molecular flexibility index (Phi) is 4.38. The molecule has 0 unspecified atom stereocenters. The Morgan fingerprint density at radius 3 is 2.81 bits per heavy atom. The van der Waals surface area contributed by atoms with Crippen LogP contribution in [0, 0.1) is 0 Å². The van der Waals surface area contributed by atoms with Gasteiger partial charge in [-0.3, -0.25) is 0 Å². The van der Waals surface area contributed by atoms with Crippen LogP contribution < -0.4 is 0 Å². The van der Waals surface area contributed by atoms with Gasteiger partial charge in [0.1, 0.15) is 0 Å². The van der Waals surface area contributed by atoms with Crippen LogP contribution in [-0.4, -0.2) is 48.4 Å². The van der Waals surface area contributed by atoms with Gasteiger partial charge in [-0.15, -0.1) is 0 Å². The molecule has 1 aliphatic heterocycles. The van der Waals surface area contributed by atoms with E-state index in [1.165, 1.54) is 0 Å². The van der Waals surface area contributed by atoms with Gasteiger partial charge >= 0.3 is 0 Å². The van der Waals surface area contributed by atoms with Gasteiger partial charge in [0, 0.05) is 25.2 Å². The lowest BCUT2D eigenvalue weighted by molar-refractivity contribution is -0.0192. The van der Waals surface area contributed by atoms with E-state index in [0.717, 1.165) is 18.4 Å². The Morgan fingerprint density at radius 1 is 1.43 bits per heavy atom. The zero-order valence-electron chi connectivity index (χ0n) is 12.4. The van der Waals surface area contributed by atoms with E-state index in [4.69, 9.17) is 4.74 Å². The average Bonchev–Trinajstić information content (AvgIpc) is 3.14. The summed E-state index contributed by atoms with van der Waals surface area (Å²) in [7, 11) is -3.43. The van der Waals surface area contributed by atoms with Gasteiger partial charge in [-0.1, -0.05) is 0 Å². The van der Waals surface area contributed by atoms with Crippen molar-refractivity contribution in [2.24, 2.45) is 0 Å². The molecule has 2 aliphatic rings. The highest BCUT2D eigenvalue weighted by Gasteiger charge is 2.43. The number of nitrogens with zero attached hydrogens (tertiary/aromatic N) is 2. The highest BCUT2D eigenvalue weighted by molar-refractivity contribution is 7.86. The Morgan fingerprint density at radius 2 is 2.19 bits per heavy atom. The SMILES string of the molecule is C[C@H]1CN(S(=O)(=O)N(Cc2ccsc2)C2CC2)[C@@H](C)CO1. The predicted molar refractivity (Wildman–Crippen MR) is 83.4 cm³/mol. The average molecular weight is 330 g/mol. The molecule has 1 aliphatic carbocycles. The Bertz CT molecular complexity index is 569. The predicted octanol–water partition coefficient (Wildman–Crippen LogP) is 2.07. The number of thiophene rings is 1. The number of ether oxygens (including phenoxy) is 1. The summed E-state index contributed by atoms with van der Waals surface area (Å²) in [5.74, 6) is 0. The van der Waals surface area contributed by atoms with Crippen LogP contribution in [-0.2, 0) is 21.5 Å². The van der Waals surface area contributed by atoms with E-state index in [-0.39, 0.29) is 18.2 Å². The molecule has 0 radical (unpaired) electrons. The standard InChI is InChI=1S/C14H22N2O3S2/c1-11-9-19-12(2)7-15(11)21(17,18)16(14-3-4-14)8-13-5-6-20-10-13/h5-6,10-12,14H,3-4,7-9H2,1-2H3/t11-,12-/m0/s1.